The molecule has 6 N–H and O–H groups in total. The molecule has 4 aliphatic carbocycles. The van der Waals surface area contributed by atoms with E-state index in [1.807, 2.05) is 6.21 Å². The Kier molecular flexibility index (Phi) is 8.07. The second-order valence-electron chi connectivity index (χ2n) is 11.0. The Labute approximate surface area is 195 Å². The van der Waals surface area contributed by atoms with Crippen LogP contribution in [0.2, 0.25) is 0 Å². The molecule has 9 nitrogen and oxygen atoms in total. The monoisotopic (exact) mass is 468 g/mol. The molecule has 4 rings (SSSR count). The zero-order chi connectivity index (χ0) is 24.4. The summed E-state index contributed by atoms with van der Waals surface area (Å²) >= 11 is 0. The van der Waals surface area contributed by atoms with Crippen LogP contribution in [0.4, 0.5) is 0 Å². The van der Waals surface area contributed by atoms with Crippen molar-refractivity contribution in [3.8, 4) is 0 Å². The third kappa shape index (κ3) is 5.05. The molecule has 4 aliphatic rings. The number of aliphatic hydroxyl groups is 2. The number of hydrogen-bond acceptors (Lipinski definition) is 7. The van der Waals surface area contributed by atoms with Gasteiger partial charge in [-0.1, -0.05) is 19.0 Å². The van der Waals surface area contributed by atoms with E-state index < -0.39 is 11.9 Å². The van der Waals surface area contributed by atoms with E-state index in [1.165, 1.54) is 6.42 Å². The third-order valence-corrected chi connectivity index (χ3v) is 9.41. The molecule has 0 aromatic heterocycles. The lowest BCUT2D eigenvalue weighted by molar-refractivity contribution is -0.165. The second-order valence-corrected chi connectivity index (χ2v) is 11.0. The molecule has 4 fully saturated rings. The lowest BCUT2D eigenvalue weighted by atomic mass is 9.44. The molecule has 0 aromatic rings. The number of fused-ring (bicyclic) bond motifs is 5. The normalized spacial score (nSPS) is 44.1. The highest BCUT2D eigenvalue weighted by molar-refractivity contribution is 6.27. The Hall–Kier alpha value is -1.71. The van der Waals surface area contributed by atoms with E-state index in [0.29, 0.717) is 42.7 Å². The van der Waals surface area contributed by atoms with Crippen molar-refractivity contribution >= 4 is 18.2 Å². The summed E-state index contributed by atoms with van der Waals surface area (Å²) in [5.41, 5.74) is 5.74. The average molecular weight is 469 g/mol. The van der Waals surface area contributed by atoms with E-state index in [9.17, 15) is 10.2 Å². The minimum absolute atomic E-state index is 0.0777. The molecule has 0 unspecified atom stereocenters. The summed E-state index contributed by atoms with van der Waals surface area (Å²) in [5, 5.41) is 40.6. The van der Waals surface area contributed by atoms with Gasteiger partial charge in [-0.25, -0.2) is 9.59 Å². The maximum absolute atomic E-state index is 11.2. The van der Waals surface area contributed by atoms with Crippen molar-refractivity contribution in [1.82, 2.24) is 0 Å². The Bertz CT molecular complexity index is 734. The van der Waals surface area contributed by atoms with Crippen LogP contribution in [0.15, 0.2) is 5.16 Å². The summed E-state index contributed by atoms with van der Waals surface area (Å²) in [5.74, 6) is -1.04. The van der Waals surface area contributed by atoms with Crippen molar-refractivity contribution in [2.45, 2.75) is 77.4 Å². The van der Waals surface area contributed by atoms with E-state index in [-0.39, 0.29) is 23.0 Å². The average Bonchev–Trinajstić information content (AvgIpc) is 3.07. The first-order chi connectivity index (χ1) is 15.5. The summed E-state index contributed by atoms with van der Waals surface area (Å²) in [6.45, 7) is 5.70. The molecule has 0 saturated heterocycles. The highest BCUT2D eigenvalue weighted by Gasteiger charge is 2.61. The fourth-order valence-corrected chi connectivity index (χ4v) is 7.67. The number of rotatable bonds is 4. The summed E-state index contributed by atoms with van der Waals surface area (Å²) in [6.07, 6.45) is 10.2. The number of carbonyl (C=O) groups is 2. The van der Waals surface area contributed by atoms with Crippen LogP contribution in [-0.4, -0.2) is 63.9 Å². The number of carboxylic acid groups (broad SMARTS) is 2. The largest absolute Gasteiger partial charge is 0.473 e. The van der Waals surface area contributed by atoms with Crippen molar-refractivity contribution in [3.05, 3.63) is 0 Å². The number of carboxylic acids is 2. The van der Waals surface area contributed by atoms with E-state index >= 15 is 0 Å². The predicted molar refractivity (Wildman–Crippen MR) is 121 cm³/mol. The number of aliphatic hydroxyl groups excluding tert-OH is 2. The minimum atomic E-state index is -1.82. The fraction of sp³-hybridized carbons (Fsp3) is 0.875. The van der Waals surface area contributed by atoms with Gasteiger partial charge in [0, 0.05) is 12.8 Å². The van der Waals surface area contributed by atoms with Gasteiger partial charge in [0.1, 0.15) is 6.61 Å². The molecule has 0 amide bonds. The molecule has 9 atom stereocenters. The Morgan fingerprint density at radius 3 is 2.24 bits per heavy atom. The zero-order valence-electron chi connectivity index (χ0n) is 19.7. The van der Waals surface area contributed by atoms with Gasteiger partial charge in [-0.3, -0.25) is 0 Å². The van der Waals surface area contributed by atoms with Crippen LogP contribution < -0.4 is 5.73 Å². The molecule has 0 aliphatic heterocycles. The van der Waals surface area contributed by atoms with Crippen LogP contribution >= 0.6 is 0 Å². The zero-order valence-corrected chi connectivity index (χ0v) is 19.7. The summed E-state index contributed by atoms with van der Waals surface area (Å²) < 4.78 is 0. The molecular formula is C24H40N2O7. The van der Waals surface area contributed by atoms with Gasteiger partial charge in [0.15, 0.2) is 0 Å². The van der Waals surface area contributed by atoms with E-state index in [2.05, 4.69) is 19.0 Å². The van der Waals surface area contributed by atoms with Gasteiger partial charge >= 0.3 is 11.9 Å². The van der Waals surface area contributed by atoms with Crippen LogP contribution in [0.1, 0.15) is 65.2 Å². The van der Waals surface area contributed by atoms with Gasteiger partial charge in [-0.2, -0.15) is 0 Å². The van der Waals surface area contributed by atoms with Crippen molar-refractivity contribution in [1.29, 1.82) is 0 Å². The number of nitrogens with zero attached hydrogens (tertiary/aromatic N) is 1. The van der Waals surface area contributed by atoms with E-state index in [0.717, 1.165) is 44.9 Å². The van der Waals surface area contributed by atoms with Gasteiger partial charge in [-0.15, -0.1) is 0 Å². The molecule has 188 valence electrons. The Morgan fingerprint density at radius 1 is 0.970 bits per heavy atom. The quantitative estimate of drug-likeness (QED) is 0.181. The number of nitrogens with two attached hydrogens (primary N) is 1. The summed E-state index contributed by atoms with van der Waals surface area (Å²) in [4.78, 5) is 23.4. The molecule has 0 aromatic carbocycles. The van der Waals surface area contributed by atoms with Gasteiger partial charge in [0.2, 0.25) is 0 Å². The van der Waals surface area contributed by atoms with Crippen LogP contribution in [-0.2, 0) is 14.4 Å². The molecule has 0 radical (unpaired) electrons. The first-order valence-electron chi connectivity index (χ1n) is 12.2. The SMILES string of the molecule is C[C@]12CC[C@H](/C=N\OCCN)C[C@@H]1[C@@H](O)C[C@@H]1[C@@H]2CC[C@]2(C)[C@@H](O)CC[C@@H]12.O=C(O)C(=O)O. The van der Waals surface area contributed by atoms with Crippen LogP contribution in [0.3, 0.4) is 0 Å². The standard InChI is InChI=1S/C22H38N2O3.C2H2O4/c1-21-7-5-14(13-24-27-10-9-23)11-18(21)19(25)12-15-16-3-4-20(26)22(16,2)8-6-17(15)21;3-1(4)2(5)6/h13-20,25-26H,3-12,23H2,1-2H3;(H,3,4)(H,5,6)/b24-13-;/t14-,15-,16-,17-,18+,19-,20-,21+,22-;/m0./s1. The summed E-state index contributed by atoms with van der Waals surface area (Å²) in [7, 11) is 0. The molecule has 9 heteroatoms. The topological polar surface area (TPSA) is 163 Å². The third-order valence-electron chi connectivity index (χ3n) is 9.41. The van der Waals surface area contributed by atoms with Crippen LogP contribution in [0.5, 0.6) is 0 Å². The van der Waals surface area contributed by atoms with E-state index in [1.54, 1.807) is 0 Å². The molecule has 33 heavy (non-hydrogen) atoms. The van der Waals surface area contributed by atoms with E-state index in [4.69, 9.17) is 30.4 Å². The number of hydrogen-bond donors (Lipinski definition) is 5. The maximum atomic E-state index is 11.2. The van der Waals surface area contributed by atoms with Crippen molar-refractivity contribution in [3.63, 3.8) is 0 Å². The Balaban J connectivity index is 0.000000454. The highest BCUT2D eigenvalue weighted by Crippen LogP contribution is 2.66. The highest BCUT2D eigenvalue weighted by atomic mass is 16.6. The van der Waals surface area contributed by atoms with Crippen molar-refractivity contribution in [2.24, 2.45) is 51.3 Å². The fourth-order valence-electron chi connectivity index (χ4n) is 7.67. The van der Waals surface area contributed by atoms with Gasteiger partial charge in [0.05, 0.1) is 12.2 Å². The molecule has 4 saturated carbocycles. The Morgan fingerprint density at radius 2 is 1.61 bits per heavy atom. The van der Waals surface area contributed by atoms with Gasteiger partial charge in [0.25, 0.3) is 0 Å². The summed E-state index contributed by atoms with van der Waals surface area (Å²) in [6, 6.07) is 0. The molecule has 0 heterocycles. The number of oxime groups is 1. The lowest BCUT2D eigenvalue weighted by Gasteiger charge is -2.62. The lowest BCUT2D eigenvalue weighted by Crippen LogP contribution is -2.58. The van der Waals surface area contributed by atoms with Crippen molar-refractivity contribution < 1.29 is 34.9 Å². The first kappa shape index (κ1) is 25.9. The number of aliphatic carboxylic acids is 2. The van der Waals surface area contributed by atoms with Crippen molar-refractivity contribution in [2.75, 3.05) is 13.2 Å². The molecule has 0 bridgehead atoms. The second kappa shape index (κ2) is 10.3. The van der Waals surface area contributed by atoms with Crippen LogP contribution in [0, 0.1) is 40.4 Å². The van der Waals surface area contributed by atoms with Crippen LogP contribution in [0.25, 0.3) is 0 Å². The maximum Gasteiger partial charge on any atom is 0.414 e. The van der Waals surface area contributed by atoms with Gasteiger partial charge < -0.3 is 31.0 Å². The molecule has 0 spiro atoms. The molecular weight excluding hydrogens is 428 g/mol. The first-order valence-corrected chi connectivity index (χ1v) is 12.2. The predicted octanol–water partition coefficient (Wildman–Crippen LogP) is 2.09. The minimum Gasteiger partial charge on any atom is -0.473 e. The van der Waals surface area contributed by atoms with Gasteiger partial charge in [-0.05, 0) is 91.8 Å². The smallest absolute Gasteiger partial charge is 0.414 e.